The van der Waals surface area contributed by atoms with Crippen LogP contribution in [0, 0.1) is 34.4 Å². The van der Waals surface area contributed by atoms with Crippen LogP contribution in [-0.2, 0) is 6.42 Å². The zero-order valence-corrected chi connectivity index (χ0v) is 18.9. The highest BCUT2D eigenvalue weighted by Crippen LogP contribution is 2.34. The summed E-state index contributed by atoms with van der Waals surface area (Å²) in [6, 6.07) is 16.5. The van der Waals surface area contributed by atoms with Gasteiger partial charge in [0.1, 0.15) is 5.75 Å². The van der Waals surface area contributed by atoms with Gasteiger partial charge in [0.25, 0.3) is 0 Å². The molecule has 4 nitrogen and oxygen atoms in total. The monoisotopic (exact) mass is 401 g/mol. The summed E-state index contributed by atoms with van der Waals surface area (Å²) in [4.78, 5) is 8.45. The van der Waals surface area contributed by atoms with Crippen LogP contribution in [0.2, 0.25) is 0 Å². The minimum atomic E-state index is 0.577. The molecule has 0 bridgehead atoms. The second-order valence-corrected chi connectivity index (χ2v) is 7.81. The summed E-state index contributed by atoms with van der Waals surface area (Å²) in [7, 11) is 4.06. The quantitative estimate of drug-likeness (QED) is 0.466. The molecule has 0 fully saturated rings. The van der Waals surface area contributed by atoms with E-state index in [1.54, 1.807) is 0 Å². The maximum absolute atomic E-state index is 6.15. The van der Waals surface area contributed by atoms with E-state index in [1.165, 1.54) is 22.4 Å². The van der Waals surface area contributed by atoms with Crippen molar-refractivity contribution in [2.24, 2.45) is 0 Å². The standard InChI is InChI=1S/C26H31N3O/c1-19-16-21(3)25(22(4)17-19)28(5)18-29(6)26-20(2)10-9-12-24(26)30-15-13-23-11-7-8-14-27-23/h7-12,14,16-17H,13,15H2,1-6H3. The Morgan fingerprint density at radius 2 is 1.53 bits per heavy atom. The molecule has 2 radical (unpaired) electrons. The molecule has 0 aliphatic rings. The van der Waals surface area contributed by atoms with Crippen LogP contribution in [-0.4, -0.2) is 25.7 Å². The van der Waals surface area contributed by atoms with Crippen molar-refractivity contribution < 1.29 is 4.74 Å². The van der Waals surface area contributed by atoms with Crippen LogP contribution in [0.4, 0.5) is 11.4 Å². The topological polar surface area (TPSA) is 28.6 Å². The van der Waals surface area contributed by atoms with Crippen molar-refractivity contribution in [1.29, 1.82) is 0 Å². The van der Waals surface area contributed by atoms with Gasteiger partial charge < -0.3 is 14.5 Å². The van der Waals surface area contributed by atoms with Crippen molar-refractivity contribution in [2.45, 2.75) is 34.1 Å². The van der Waals surface area contributed by atoms with Crippen LogP contribution in [0.1, 0.15) is 27.9 Å². The molecule has 3 aromatic rings. The second kappa shape index (κ2) is 9.66. The number of rotatable bonds is 8. The Balaban J connectivity index is 1.74. The number of hydrogen-bond donors (Lipinski definition) is 0. The van der Waals surface area contributed by atoms with E-state index in [2.05, 4.69) is 62.4 Å². The molecule has 0 aliphatic carbocycles. The van der Waals surface area contributed by atoms with E-state index in [0.29, 0.717) is 6.61 Å². The fraction of sp³-hybridized carbons (Fsp3) is 0.308. The van der Waals surface area contributed by atoms with Gasteiger partial charge in [-0.25, -0.2) is 0 Å². The Morgan fingerprint density at radius 3 is 2.20 bits per heavy atom. The summed E-state index contributed by atoms with van der Waals surface area (Å²) in [5.74, 6) is 0.853. The molecular formula is C26H31N3O. The highest BCUT2D eigenvalue weighted by molar-refractivity contribution is 5.67. The molecule has 30 heavy (non-hydrogen) atoms. The maximum Gasteiger partial charge on any atom is 0.208 e. The Kier molecular flexibility index (Phi) is 6.99. The molecule has 1 heterocycles. The van der Waals surface area contributed by atoms with Crippen molar-refractivity contribution in [3.05, 3.63) is 89.3 Å². The van der Waals surface area contributed by atoms with Gasteiger partial charge in [0, 0.05) is 38.1 Å². The Labute approximate surface area is 181 Å². The van der Waals surface area contributed by atoms with E-state index in [4.69, 9.17) is 4.74 Å². The predicted octanol–water partition coefficient (Wildman–Crippen LogP) is 5.51. The zero-order chi connectivity index (χ0) is 21.7. The third-order valence-corrected chi connectivity index (χ3v) is 5.15. The van der Waals surface area contributed by atoms with Crippen LogP contribution in [0.5, 0.6) is 5.75 Å². The SMILES string of the molecule is Cc1cc(C)c(N(C)[C]N(C)c2c(C)cccc2OCCc2ccccn2)c(C)c1. The lowest BCUT2D eigenvalue weighted by molar-refractivity contribution is 0.321. The number of pyridine rings is 1. The molecule has 0 amide bonds. The number of anilines is 2. The van der Waals surface area contributed by atoms with Gasteiger partial charge in [-0.05, 0) is 62.6 Å². The van der Waals surface area contributed by atoms with Crippen molar-refractivity contribution in [2.75, 3.05) is 30.5 Å². The smallest absolute Gasteiger partial charge is 0.208 e. The number of aryl methyl sites for hydroxylation is 4. The number of aromatic nitrogens is 1. The fourth-order valence-electron chi connectivity index (χ4n) is 4.02. The molecule has 3 rings (SSSR count). The van der Waals surface area contributed by atoms with Crippen molar-refractivity contribution in [3.63, 3.8) is 0 Å². The molecular weight excluding hydrogens is 370 g/mol. The average molecular weight is 402 g/mol. The third-order valence-electron chi connectivity index (χ3n) is 5.15. The second-order valence-electron chi connectivity index (χ2n) is 7.81. The van der Waals surface area contributed by atoms with Gasteiger partial charge in [-0.1, -0.05) is 35.9 Å². The molecule has 2 aromatic carbocycles. The third kappa shape index (κ3) is 5.12. The Bertz CT molecular complexity index is 962. The van der Waals surface area contributed by atoms with Crippen molar-refractivity contribution in [3.8, 4) is 5.75 Å². The molecule has 0 saturated heterocycles. The lowest BCUT2D eigenvalue weighted by Gasteiger charge is -2.30. The molecule has 1 aromatic heterocycles. The predicted molar refractivity (Wildman–Crippen MR) is 125 cm³/mol. The first-order valence-corrected chi connectivity index (χ1v) is 10.3. The Morgan fingerprint density at radius 1 is 0.833 bits per heavy atom. The number of para-hydroxylation sites is 1. The van der Waals surface area contributed by atoms with Crippen LogP contribution in [0.25, 0.3) is 0 Å². The molecule has 0 saturated carbocycles. The van der Waals surface area contributed by atoms with Gasteiger partial charge in [0.2, 0.25) is 6.67 Å². The van der Waals surface area contributed by atoms with Crippen LogP contribution in [0.3, 0.4) is 0 Å². The van der Waals surface area contributed by atoms with Crippen LogP contribution < -0.4 is 14.5 Å². The van der Waals surface area contributed by atoms with E-state index in [9.17, 15) is 0 Å². The van der Waals surface area contributed by atoms with Crippen molar-refractivity contribution >= 4 is 11.4 Å². The van der Waals surface area contributed by atoms with E-state index in [0.717, 1.165) is 29.1 Å². The molecule has 0 aliphatic heterocycles. The molecule has 0 spiro atoms. The van der Waals surface area contributed by atoms with Gasteiger partial charge in [0.05, 0.1) is 12.3 Å². The lowest BCUT2D eigenvalue weighted by Crippen LogP contribution is -2.29. The van der Waals surface area contributed by atoms with Crippen molar-refractivity contribution in [1.82, 2.24) is 4.98 Å². The summed E-state index contributed by atoms with van der Waals surface area (Å²) < 4.78 is 6.15. The lowest BCUT2D eigenvalue weighted by atomic mass is 10.0. The first-order valence-electron chi connectivity index (χ1n) is 10.3. The minimum Gasteiger partial charge on any atom is -0.491 e. The molecule has 0 atom stereocenters. The van der Waals surface area contributed by atoms with Gasteiger partial charge >= 0.3 is 0 Å². The molecule has 0 unspecified atom stereocenters. The summed E-state index contributed by atoms with van der Waals surface area (Å²) in [5, 5.41) is 0. The first-order chi connectivity index (χ1) is 14.4. The highest BCUT2D eigenvalue weighted by atomic mass is 16.5. The fourth-order valence-corrected chi connectivity index (χ4v) is 4.02. The molecule has 156 valence electrons. The van der Waals surface area contributed by atoms with E-state index in [1.807, 2.05) is 55.5 Å². The van der Waals surface area contributed by atoms with Gasteiger partial charge in [-0.3, -0.25) is 4.98 Å². The number of nitrogens with zero attached hydrogens (tertiary/aromatic N) is 3. The van der Waals surface area contributed by atoms with E-state index < -0.39 is 0 Å². The normalized spacial score (nSPS) is 10.7. The molecule has 0 N–H and O–H groups in total. The van der Waals surface area contributed by atoms with Crippen LogP contribution >= 0.6 is 0 Å². The first kappa shape index (κ1) is 21.7. The maximum atomic E-state index is 6.15. The van der Waals surface area contributed by atoms with E-state index >= 15 is 0 Å². The summed E-state index contributed by atoms with van der Waals surface area (Å²) in [6.07, 6.45) is 2.59. The van der Waals surface area contributed by atoms with Gasteiger partial charge in [0.15, 0.2) is 0 Å². The number of benzene rings is 2. The van der Waals surface area contributed by atoms with Gasteiger partial charge in [-0.15, -0.1) is 0 Å². The Hall–Kier alpha value is -3.01. The van der Waals surface area contributed by atoms with Gasteiger partial charge in [-0.2, -0.15) is 0 Å². The zero-order valence-electron chi connectivity index (χ0n) is 18.9. The average Bonchev–Trinajstić information content (AvgIpc) is 2.68. The van der Waals surface area contributed by atoms with E-state index in [-0.39, 0.29) is 0 Å². The number of hydrogen-bond acceptors (Lipinski definition) is 4. The van der Waals surface area contributed by atoms with Crippen LogP contribution in [0.15, 0.2) is 54.7 Å². The summed E-state index contributed by atoms with van der Waals surface area (Å²) in [5.41, 5.74) is 8.14. The summed E-state index contributed by atoms with van der Waals surface area (Å²) in [6.45, 7) is 12.6. The molecule has 4 heteroatoms. The number of ether oxygens (including phenoxy) is 1. The minimum absolute atomic E-state index is 0.577. The highest BCUT2D eigenvalue weighted by Gasteiger charge is 2.17. The summed E-state index contributed by atoms with van der Waals surface area (Å²) >= 11 is 0. The largest absolute Gasteiger partial charge is 0.491 e.